The molecule has 1 rings (SSSR count). The van der Waals surface area contributed by atoms with E-state index in [9.17, 15) is 10.2 Å². The summed E-state index contributed by atoms with van der Waals surface area (Å²) < 4.78 is 0. The summed E-state index contributed by atoms with van der Waals surface area (Å²) in [4.78, 5) is 3.96. The van der Waals surface area contributed by atoms with E-state index >= 15 is 0 Å². The summed E-state index contributed by atoms with van der Waals surface area (Å²) in [5, 5.41) is 20.0. The summed E-state index contributed by atoms with van der Waals surface area (Å²) in [6, 6.07) is 1.83. The number of pyridine rings is 1. The summed E-state index contributed by atoms with van der Waals surface area (Å²) in [5.41, 5.74) is 1.64. The highest BCUT2D eigenvalue weighted by molar-refractivity contribution is 9.09. The minimum absolute atomic E-state index is 0.523. The van der Waals surface area contributed by atoms with Gasteiger partial charge in [-0.15, -0.1) is 0 Å². The van der Waals surface area contributed by atoms with Crippen LogP contribution in [0.25, 0.3) is 0 Å². The first-order valence-electron chi connectivity index (χ1n) is 4.49. The summed E-state index contributed by atoms with van der Waals surface area (Å²) >= 11 is 3.22. The van der Waals surface area contributed by atoms with E-state index in [0.717, 1.165) is 5.56 Å². The Kier molecular flexibility index (Phi) is 4.51. The molecule has 0 spiro atoms. The van der Waals surface area contributed by atoms with Crippen molar-refractivity contribution in [3.05, 3.63) is 29.6 Å². The van der Waals surface area contributed by atoms with Gasteiger partial charge in [0.2, 0.25) is 0 Å². The minimum Gasteiger partial charge on any atom is -0.390 e. The van der Waals surface area contributed by atoms with Crippen LogP contribution in [0.5, 0.6) is 0 Å². The van der Waals surface area contributed by atoms with Crippen molar-refractivity contribution in [2.24, 2.45) is 0 Å². The van der Waals surface area contributed by atoms with E-state index in [2.05, 4.69) is 20.9 Å². The molecule has 14 heavy (non-hydrogen) atoms. The second kappa shape index (κ2) is 5.44. The van der Waals surface area contributed by atoms with Crippen LogP contribution in [-0.2, 0) is 0 Å². The molecule has 0 fully saturated rings. The van der Waals surface area contributed by atoms with Crippen LogP contribution in [0.1, 0.15) is 23.7 Å². The number of aryl methyl sites for hydroxylation is 1. The van der Waals surface area contributed by atoms with Crippen molar-refractivity contribution in [3.63, 3.8) is 0 Å². The van der Waals surface area contributed by atoms with Crippen LogP contribution < -0.4 is 0 Å². The van der Waals surface area contributed by atoms with Crippen molar-refractivity contribution in [2.75, 3.05) is 5.33 Å². The Balaban J connectivity index is 2.73. The molecule has 78 valence electrons. The number of aromatic nitrogens is 1. The van der Waals surface area contributed by atoms with Gasteiger partial charge < -0.3 is 10.2 Å². The number of hydrogen-bond donors (Lipinski definition) is 2. The van der Waals surface area contributed by atoms with Gasteiger partial charge in [0, 0.05) is 23.3 Å². The molecular formula is C10H14BrNO2. The van der Waals surface area contributed by atoms with Gasteiger partial charge in [0.15, 0.2) is 0 Å². The van der Waals surface area contributed by atoms with Crippen LogP contribution in [0.3, 0.4) is 0 Å². The average molecular weight is 260 g/mol. The molecular weight excluding hydrogens is 246 g/mol. The van der Waals surface area contributed by atoms with E-state index in [1.165, 1.54) is 0 Å². The quantitative estimate of drug-likeness (QED) is 0.808. The molecule has 0 radical (unpaired) electrons. The zero-order valence-electron chi connectivity index (χ0n) is 8.02. The maximum Gasteiger partial charge on any atom is 0.106 e. The Bertz CT molecular complexity index is 293. The number of hydrogen-bond acceptors (Lipinski definition) is 3. The molecule has 0 aliphatic heterocycles. The zero-order chi connectivity index (χ0) is 10.6. The van der Waals surface area contributed by atoms with Gasteiger partial charge >= 0.3 is 0 Å². The molecule has 2 N–H and O–H groups in total. The Morgan fingerprint density at radius 3 is 2.71 bits per heavy atom. The maximum atomic E-state index is 9.73. The monoisotopic (exact) mass is 259 g/mol. The summed E-state index contributed by atoms with van der Waals surface area (Å²) in [7, 11) is 0. The molecule has 0 bridgehead atoms. The van der Waals surface area contributed by atoms with E-state index in [1.54, 1.807) is 12.4 Å². The lowest BCUT2D eigenvalue weighted by Gasteiger charge is -2.16. The van der Waals surface area contributed by atoms with E-state index in [-0.39, 0.29) is 0 Å². The molecule has 3 nitrogen and oxygen atoms in total. The molecule has 0 saturated carbocycles. The summed E-state index contributed by atoms with van der Waals surface area (Å²) in [6.07, 6.45) is 2.23. The molecule has 1 heterocycles. The van der Waals surface area contributed by atoms with Crippen LogP contribution >= 0.6 is 15.9 Å². The third-order valence-electron chi connectivity index (χ3n) is 2.01. The SMILES string of the molecule is Cc1cncc(C(O)C(O)CCBr)c1. The van der Waals surface area contributed by atoms with Gasteiger partial charge in [-0.2, -0.15) is 0 Å². The van der Waals surface area contributed by atoms with E-state index in [0.29, 0.717) is 17.3 Å². The second-order valence-corrected chi connectivity index (χ2v) is 4.08. The fraction of sp³-hybridized carbons (Fsp3) is 0.500. The average Bonchev–Trinajstić information content (AvgIpc) is 2.17. The van der Waals surface area contributed by atoms with Gasteiger partial charge in [-0.3, -0.25) is 4.98 Å². The Hall–Kier alpha value is -0.450. The highest BCUT2D eigenvalue weighted by Gasteiger charge is 2.17. The Morgan fingerprint density at radius 1 is 1.43 bits per heavy atom. The molecule has 1 aromatic heterocycles. The third kappa shape index (κ3) is 3.04. The van der Waals surface area contributed by atoms with Gasteiger partial charge in [0.25, 0.3) is 0 Å². The summed E-state index contributed by atoms with van der Waals surface area (Å²) in [6.45, 7) is 1.90. The number of aliphatic hydroxyl groups is 2. The van der Waals surface area contributed by atoms with Crippen molar-refractivity contribution < 1.29 is 10.2 Å². The normalized spacial score (nSPS) is 15.1. The van der Waals surface area contributed by atoms with Crippen molar-refractivity contribution in [1.29, 1.82) is 0 Å². The fourth-order valence-corrected chi connectivity index (χ4v) is 1.70. The highest BCUT2D eigenvalue weighted by Crippen LogP contribution is 2.19. The maximum absolute atomic E-state index is 9.73. The third-order valence-corrected chi connectivity index (χ3v) is 2.46. The standard InChI is InChI=1S/C10H14BrNO2/c1-7-4-8(6-12-5-7)10(14)9(13)2-3-11/h4-6,9-10,13-14H,2-3H2,1H3. The zero-order valence-corrected chi connectivity index (χ0v) is 9.61. The first kappa shape index (κ1) is 11.6. The van der Waals surface area contributed by atoms with E-state index in [1.807, 2.05) is 13.0 Å². The van der Waals surface area contributed by atoms with Gasteiger partial charge in [-0.05, 0) is 18.9 Å². The van der Waals surface area contributed by atoms with Crippen LogP contribution in [-0.4, -0.2) is 26.6 Å². The predicted molar refractivity (Wildman–Crippen MR) is 58.4 cm³/mol. The molecule has 0 amide bonds. The van der Waals surface area contributed by atoms with Gasteiger partial charge in [-0.1, -0.05) is 22.0 Å². The highest BCUT2D eigenvalue weighted by atomic mass is 79.9. The number of nitrogens with zero attached hydrogens (tertiary/aromatic N) is 1. The Morgan fingerprint density at radius 2 is 2.14 bits per heavy atom. The number of halogens is 1. The van der Waals surface area contributed by atoms with Crippen LogP contribution in [0.15, 0.2) is 18.5 Å². The molecule has 0 aliphatic rings. The fourth-order valence-electron chi connectivity index (χ4n) is 1.23. The van der Waals surface area contributed by atoms with Crippen molar-refractivity contribution in [1.82, 2.24) is 4.98 Å². The number of aliphatic hydroxyl groups excluding tert-OH is 2. The van der Waals surface area contributed by atoms with E-state index in [4.69, 9.17) is 0 Å². The molecule has 2 atom stereocenters. The molecule has 0 saturated heterocycles. The Labute approximate surface area is 91.9 Å². The van der Waals surface area contributed by atoms with Crippen molar-refractivity contribution in [2.45, 2.75) is 25.6 Å². The lowest BCUT2D eigenvalue weighted by molar-refractivity contribution is 0.0171. The van der Waals surface area contributed by atoms with Gasteiger partial charge in [0.1, 0.15) is 6.10 Å². The van der Waals surface area contributed by atoms with Crippen LogP contribution in [0.4, 0.5) is 0 Å². The molecule has 2 unspecified atom stereocenters. The second-order valence-electron chi connectivity index (χ2n) is 3.29. The lowest BCUT2D eigenvalue weighted by Crippen LogP contribution is -2.18. The van der Waals surface area contributed by atoms with Crippen molar-refractivity contribution in [3.8, 4) is 0 Å². The molecule has 0 aliphatic carbocycles. The molecule has 0 aromatic carbocycles. The molecule has 1 aromatic rings. The first-order chi connectivity index (χ1) is 6.65. The summed E-state index contributed by atoms with van der Waals surface area (Å²) in [5.74, 6) is 0. The van der Waals surface area contributed by atoms with E-state index < -0.39 is 12.2 Å². The lowest BCUT2D eigenvalue weighted by atomic mass is 10.0. The van der Waals surface area contributed by atoms with Crippen molar-refractivity contribution >= 4 is 15.9 Å². The predicted octanol–water partition coefficient (Wildman–Crippen LogP) is 1.57. The smallest absolute Gasteiger partial charge is 0.106 e. The molecule has 4 heteroatoms. The first-order valence-corrected chi connectivity index (χ1v) is 5.61. The topological polar surface area (TPSA) is 53.4 Å². The van der Waals surface area contributed by atoms with Crippen LogP contribution in [0, 0.1) is 6.92 Å². The largest absolute Gasteiger partial charge is 0.390 e. The van der Waals surface area contributed by atoms with Gasteiger partial charge in [0.05, 0.1) is 6.10 Å². The van der Waals surface area contributed by atoms with Crippen LogP contribution in [0.2, 0.25) is 0 Å². The number of rotatable bonds is 4. The van der Waals surface area contributed by atoms with Gasteiger partial charge in [-0.25, -0.2) is 0 Å². The minimum atomic E-state index is -0.847. The number of alkyl halides is 1.